The van der Waals surface area contributed by atoms with Crippen LogP contribution in [0.4, 0.5) is 0 Å². The summed E-state index contributed by atoms with van der Waals surface area (Å²) in [7, 11) is 0. The van der Waals surface area contributed by atoms with Crippen molar-refractivity contribution in [2.75, 3.05) is 0 Å². The third-order valence-corrected chi connectivity index (χ3v) is 7.67. The Morgan fingerprint density at radius 2 is 1.25 bits per heavy atom. The van der Waals surface area contributed by atoms with Crippen LogP contribution in [0, 0.1) is 11.8 Å². The molecule has 1 aliphatic rings. The number of aromatic nitrogens is 1. The Labute approximate surface area is 198 Å². The molecule has 1 heterocycles. The second-order valence-electron chi connectivity index (χ2n) is 10.3. The van der Waals surface area contributed by atoms with E-state index in [9.17, 15) is 0 Å². The van der Waals surface area contributed by atoms with E-state index in [1.165, 1.54) is 119 Å². The highest BCUT2D eigenvalue weighted by Crippen LogP contribution is 2.34. The molecule has 0 amide bonds. The molecule has 1 heteroatoms. The zero-order valence-corrected chi connectivity index (χ0v) is 21.0. The maximum atomic E-state index is 4.78. The molecule has 3 rings (SSSR count). The number of nitrogens with zero attached hydrogens (tertiary/aromatic N) is 1. The highest BCUT2D eigenvalue weighted by molar-refractivity contribution is 5.59. The fourth-order valence-electron chi connectivity index (χ4n) is 5.38. The maximum absolute atomic E-state index is 4.78. The molecule has 1 nitrogen and oxygen atoms in total. The predicted octanol–water partition coefficient (Wildman–Crippen LogP) is 9.58. The van der Waals surface area contributed by atoms with Gasteiger partial charge in [-0.05, 0) is 54.7 Å². The summed E-state index contributed by atoms with van der Waals surface area (Å²) in [6.45, 7) is 4.57. The van der Waals surface area contributed by atoms with Crippen LogP contribution in [0.1, 0.15) is 115 Å². The third kappa shape index (κ3) is 8.72. The largest absolute Gasteiger partial charge is 0.256 e. The minimum Gasteiger partial charge on any atom is -0.256 e. The molecule has 0 saturated heterocycles. The van der Waals surface area contributed by atoms with Crippen LogP contribution in [0.3, 0.4) is 0 Å². The lowest BCUT2D eigenvalue weighted by Gasteiger charge is -2.28. The number of pyridine rings is 1. The van der Waals surface area contributed by atoms with Gasteiger partial charge in [0.25, 0.3) is 0 Å². The Balaban J connectivity index is 1.35. The van der Waals surface area contributed by atoms with Gasteiger partial charge in [-0.25, -0.2) is 0 Å². The zero-order valence-electron chi connectivity index (χ0n) is 21.0. The second kappa shape index (κ2) is 14.5. The van der Waals surface area contributed by atoms with Crippen LogP contribution in [0.5, 0.6) is 0 Å². The molecule has 0 aliphatic heterocycles. The van der Waals surface area contributed by atoms with E-state index >= 15 is 0 Å². The van der Waals surface area contributed by atoms with Gasteiger partial charge < -0.3 is 0 Å². The van der Waals surface area contributed by atoms with Gasteiger partial charge >= 0.3 is 0 Å². The van der Waals surface area contributed by atoms with Gasteiger partial charge in [-0.2, -0.15) is 0 Å². The van der Waals surface area contributed by atoms with Crippen LogP contribution in [-0.2, 0) is 12.8 Å². The second-order valence-corrected chi connectivity index (χ2v) is 10.3. The Hall–Kier alpha value is -1.63. The van der Waals surface area contributed by atoms with Gasteiger partial charge in [-0.3, -0.25) is 4.98 Å². The first-order chi connectivity index (χ1) is 15.8. The van der Waals surface area contributed by atoms with Crippen LogP contribution in [0.25, 0.3) is 11.3 Å². The fraction of sp³-hybridized carbons (Fsp3) is 0.645. The Morgan fingerprint density at radius 1 is 0.625 bits per heavy atom. The molecule has 0 spiro atoms. The lowest BCUT2D eigenvalue weighted by atomic mass is 9.78. The van der Waals surface area contributed by atoms with Crippen molar-refractivity contribution >= 4 is 0 Å². The minimum absolute atomic E-state index is 0.936. The molecule has 1 aliphatic carbocycles. The van der Waals surface area contributed by atoms with E-state index in [1.807, 2.05) is 0 Å². The fourth-order valence-corrected chi connectivity index (χ4v) is 5.38. The van der Waals surface area contributed by atoms with Crippen molar-refractivity contribution < 1.29 is 0 Å². The highest BCUT2D eigenvalue weighted by Gasteiger charge is 2.20. The van der Waals surface area contributed by atoms with E-state index < -0.39 is 0 Å². The van der Waals surface area contributed by atoms with Gasteiger partial charge in [0.2, 0.25) is 0 Å². The molecule has 1 aromatic heterocycles. The van der Waals surface area contributed by atoms with Gasteiger partial charge in [0, 0.05) is 11.8 Å². The van der Waals surface area contributed by atoms with Gasteiger partial charge in [0.05, 0.1) is 5.69 Å². The highest BCUT2D eigenvalue weighted by atomic mass is 14.7. The topological polar surface area (TPSA) is 12.9 Å². The number of hydrogen-bond donors (Lipinski definition) is 0. The molecule has 0 unspecified atom stereocenters. The van der Waals surface area contributed by atoms with Crippen molar-refractivity contribution in [1.82, 2.24) is 4.98 Å². The van der Waals surface area contributed by atoms with Gasteiger partial charge in [0.1, 0.15) is 0 Å². The summed E-state index contributed by atoms with van der Waals surface area (Å²) in [5.41, 5.74) is 5.20. The normalized spacial score (nSPS) is 18.7. The SMILES string of the molecule is CCCCCCCC1CCC(CCc2ccc(-c3ccc(CCCCC)cc3)nc2)CC1. The summed E-state index contributed by atoms with van der Waals surface area (Å²) in [4.78, 5) is 4.78. The van der Waals surface area contributed by atoms with Crippen LogP contribution >= 0.6 is 0 Å². The Kier molecular flexibility index (Phi) is 11.3. The van der Waals surface area contributed by atoms with E-state index in [-0.39, 0.29) is 0 Å². The van der Waals surface area contributed by atoms with Gasteiger partial charge in [0.15, 0.2) is 0 Å². The monoisotopic (exact) mass is 433 g/mol. The molecule has 0 atom stereocenters. The van der Waals surface area contributed by atoms with Crippen molar-refractivity contribution in [3.05, 3.63) is 53.7 Å². The Bertz CT molecular complexity index is 722. The first kappa shape index (κ1) is 25.0. The summed E-state index contributed by atoms with van der Waals surface area (Å²) in [5, 5.41) is 0. The number of hydrogen-bond acceptors (Lipinski definition) is 1. The molecular formula is C31H47N. The van der Waals surface area contributed by atoms with Crippen molar-refractivity contribution in [2.45, 2.75) is 117 Å². The number of aryl methyl sites for hydroxylation is 2. The molecule has 176 valence electrons. The van der Waals surface area contributed by atoms with Crippen molar-refractivity contribution in [3.63, 3.8) is 0 Å². The number of rotatable bonds is 14. The van der Waals surface area contributed by atoms with Crippen molar-refractivity contribution in [3.8, 4) is 11.3 Å². The third-order valence-electron chi connectivity index (χ3n) is 7.67. The Morgan fingerprint density at radius 3 is 1.91 bits per heavy atom. The number of unbranched alkanes of at least 4 members (excludes halogenated alkanes) is 6. The summed E-state index contributed by atoms with van der Waals surface area (Å²) >= 11 is 0. The first-order valence-electron chi connectivity index (χ1n) is 13.8. The van der Waals surface area contributed by atoms with Crippen LogP contribution in [0.2, 0.25) is 0 Å². The smallest absolute Gasteiger partial charge is 0.0702 e. The van der Waals surface area contributed by atoms with Crippen LogP contribution in [0.15, 0.2) is 42.6 Å². The zero-order chi connectivity index (χ0) is 22.4. The van der Waals surface area contributed by atoms with E-state index in [1.54, 1.807) is 0 Å². The van der Waals surface area contributed by atoms with Crippen molar-refractivity contribution in [1.29, 1.82) is 0 Å². The molecule has 1 saturated carbocycles. The summed E-state index contributed by atoms with van der Waals surface area (Å²) in [6.07, 6.45) is 24.3. The van der Waals surface area contributed by atoms with Crippen LogP contribution in [-0.4, -0.2) is 4.98 Å². The predicted molar refractivity (Wildman–Crippen MR) is 140 cm³/mol. The van der Waals surface area contributed by atoms with Crippen LogP contribution < -0.4 is 0 Å². The van der Waals surface area contributed by atoms with E-state index in [4.69, 9.17) is 4.98 Å². The molecule has 1 aromatic carbocycles. The molecule has 2 aromatic rings. The van der Waals surface area contributed by atoms with Gasteiger partial charge in [-0.15, -0.1) is 0 Å². The average molecular weight is 434 g/mol. The first-order valence-corrected chi connectivity index (χ1v) is 13.8. The molecule has 32 heavy (non-hydrogen) atoms. The molecule has 1 fully saturated rings. The molecule has 0 radical (unpaired) electrons. The molecule has 0 N–H and O–H groups in total. The van der Waals surface area contributed by atoms with E-state index in [0.717, 1.165) is 17.5 Å². The molecular weight excluding hydrogens is 386 g/mol. The quantitative estimate of drug-likeness (QED) is 0.270. The number of benzene rings is 1. The lowest BCUT2D eigenvalue weighted by Crippen LogP contribution is -2.15. The molecule has 0 bridgehead atoms. The van der Waals surface area contributed by atoms with E-state index in [0.29, 0.717) is 0 Å². The van der Waals surface area contributed by atoms with Crippen molar-refractivity contribution in [2.24, 2.45) is 11.8 Å². The van der Waals surface area contributed by atoms with E-state index in [2.05, 4.69) is 56.4 Å². The summed E-state index contributed by atoms with van der Waals surface area (Å²) in [5.74, 6) is 1.96. The van der Waals surface area contributed by atoms with Gasteiger partial charge in [-0.1, -0.05) is 121 Å². The average Bonchev–Trinajstić information content (AvgIpc) is 2.84. The maximum Gasteiger partial charge on any atom is 0.0702 e. The lowest BCUT2D eigenvalue weighted by molar-refractivity contribution is 0.248. The summed E-state index contributed by atoms with van der Waals surface area (Å²) in [6, 6.07) is 13.6. The summed E-state index contributed by atoms with van der Waals surface area (Å²) < 4.78 is 0. The standard InChI is InChI=1S/C31H47N/c1-3-5-7-8-10-12-26-13-15-28(16-14-26)17-18-29-21-24-31(32-25-29)30-22-19-27(20-23-30)11-9-6-4-2/h19-26,28H,3-18H2,1-2H3. The minimum atomic E-state index is 0.936.